The van der Waals surface area contributed by atoms with Crippen LogP contribution in [-0.2, 0) is 14.3 Å². The first-order valence-electron chi connectivity index (χ1n) is 12.1. The summed E-state index contributed by atoms with van der Waals surface area (Å²) in [7, 11) is 0. The Morgan fingerprint density at radius 2 is 1.91 bits per heavy atom. The second kappa shape index (κ2) is 6.71. The van der Waals surface area contributed by atoms with E-state index in [1.807, 2.05) is 12.3 Å². The summed E-state index contributed by atoms with van der Waals surface area (Å²) < 4.78 is 11.6. The van der Waals surface area contributed by atoms with E-state index in [1.165, 1.54) is 18.1 Å². The number of esters is 1. The predicted molar refractivity (Wildman–Crippen MR) is 123 cm³/mol. The van der Waals surface area contributed by atoms with Crippen LogP contribution in [0.3, 0.4) is 0 Å². The minimum absolute atomic E-state index is 0.0143. The zero-order chi connectivity index (χ0) is 23.1. The van der Waals surface area contributed by atoms with Gasteiger partial charge in [-0.25, -0.2) is 0 Å². The number of ether oxygens (including phenoxy) is 1. The molecule has 172 valence electrons. The molecule has 1 aromatic heterocycles. The lowest BCUT2D eigenvalue weighted by Gasteiger charge is -2.66. The highest BCUT2D eigenvalue weighted by atomic mass is 16.5. The normalized spacial score (nSPS) is 44.3. The Morgan fingerprint density at radius 1 is 1.16 bits per heavy atom. The monoisotopic (exact) mass is 436 g/mol. The maximum atomic E-state index is 12.9. The van der Waals surface area contributed by atoms with E-state index in [2.05, 4.69) is 52.8 Å². The molecule has 2 fully saturated rings. The lowest BCUT2D eigenvalue weighted by Crippen LogP contribution is -2.64. The first-order valence-corrected chi connectivity index (χ1v) is 12.1. The highest BCUT2D eigenvalue weighted by molar-refractivity contribution is 5.95. The topological polar surface area (TPSA) is 56.5 Å². The molecule has 0 aliphatic heterocycles. The average molecular weight is 437 g/mol. The lowest BCUT2D eigenvalue weighted by molar-refractivity contribution is -0.187. The number of rotatable bonds is 2. The Hall–Kier alpha value is -2.10. The van der Waals surface area contributed by atoms with Crippen molar-refractivity contribution in [2.45, 2.75) is 79.2 Å². The first kappa shape index (κ1) is 21.7. The zero-order valence-corrected chi connectivity index (χ0v) is 20.2. The van der Waals surface area contributed by atoms with E-state index >= 15 is 0 Å². The van der Waals surface area contributed by atoms with Crippen molar-refractivity contribution in [2.75, 3.05) is 0 Å². The van der Waals surface area contributed by atoms with E-state index in [1.54, 1.807) is 6.26 Å². The van der Waals surface area contributed by atoms with E-state index in [-0.39, 0.29) is 40.0 Å². The van der Waals surface area contributed by atoms with Crippen LogP contribution in [0.2, 0.25) is 0 Å². The summed E-state index contributed by atoms with van der Waals surface area (Å²) in [6.07, 6.45) is 13.7. The van der Waals surface area contributed by atoms with Crippen LogP contribution in [-0.4, -0.2) is 17.9 Å². The molecule has 32 heavy (non-hydrogen) atoms. The summed E-state index contributed by atoms with van der Waals surface area (Å²) in [5.41, 5.74) is 1.88. The van der Waals surface area contributed by atoms with Gasteiger partial charge in [-0.2, -0.15) is 0 Å². The van der Waals surface area contributed by atoms with Crippen molar-refractivity contribution in [1.29, 1.82) is 0 Å². The largest absolute Gasteiger partial charge is 0.472 e. The summed E-state index contributed by atoms with van der Waals surface area (Å²) in [5.74, 6) is 0.796. The molecular weight excluding hydrogens is 400 g/mol. The fraction of sp³-hybridized carbons (Fsp3) is 0.643. The van der Waals surface area contributed by atoms with Gasteiger partial charge < -0.3 is 9.15 Å². The summed E-state index contributed by atoms with van der Waals surface area (Å²) in [6.45, 7) is 12.8. The van der Waals surface area contributed by atoms with E-state index < -0.39 is 5.41 Å². The average Bonchev–Trinajstić information content (AvgIpc) is 3.34. The molecule has 5 rings (SSSR count). The van der Waals surface area contributed by atoms with Crippen LogP contribution in [0.25, 0.3) is 0 Å². The van der Waals surface area contributed by atoms with E-state index in [4.69, 9.17) is 9.15 Å². The third-order valence-electron chi connectivity index (χ3n) is 10.2. The molecule has 0 amide bonds. The smallest absolute Gasteiger partial charge is 0.302 e. The maximum Gasteiger partial charge on any atom is 0.302 e. The number of hydrogen-bond donors (Lipinski definition) is 0. The Bertz CT molecular complexity index is 1010. The quantitative estimate of drug-likeness (QED) is 0.407. The molecule has 4 heteroatoms. The van der Waals surface area contributed by atoms with Gasteiger partial charge in [0.25, 0.3) is 0 Å². The molecule has 2 saturated carbocycles. The molecule has 0 aromatic carbocycles. The van der Waals surface area contributed by atoms with Gasteiger partial charge in [-0.1, -0.05) is 52.3 Å². The van der Waals surface area contributed by atoms with Gasteiger partial charge in [0.1, 0.15) is 6.10 Å². The molecule has 0 unspecified atom stereocenters. The molecule has 4 aliphatic rings. The molecule has 0 saturated heterocycles. The Labute approximate surface area is 191 Å². The maximum absolute atomic E-state index is 12.9. The van der Waals surface area contributed by atoms with Gasteiger partial charge in [0.15, 0.2) is 5.78 Å². The van der Waals surface area contributed by atoms with Crippen LogP contribution in [0, 0.1) is 33.5 Å². The highest BCUT2D eigenvalue weighted by Crippen LogP contribution is 2.72. The molecule has 0 radical (unpaired) electrons. The van der Waals surface area contributed by atoms with Crippen LogP contribution < -0.4 is 0 Å². The molecule has 7 atom stereocenters. The predicted octanol–water partition coefficient (Wildman–Crippen LogP) is 6.24. The molecule has 0 spiro atoms. The van der Waals surface area contributed by atoms with Crippen molar-refractivity contribution in [2.24, 2.45) is 33.5 Å². The second-order valence-electron chi connectivity index (χ2n) is 11.9. The van der Waals surface area contributed by atoms with Crippen molar-refractivity contribution in [1.82, 2.24) is 0 Å². The number of allylic oxidation sites excluding steroid dienone is 3. The fourth-order valence-electron chi connectivity index (χ4n) is 8.60. The van der Waals surface area contributed by atoms with Crippen LogP contribution in [0.4, 0.5) is 0 Å². The van der Waals surface area contributed by atoms with Crippen LogP contribution in [0.1, 0.15) is 78.7 Å². The van der Waals surface area contributed by atoms with Gasteiger partial charge in [0.05, 0.1) is 12.5 Å². The number of hydrogen-bond acceptors (Lipinski definition) is 4. The SMILES string of the molecule is CC(=O)O[C@H]1C[C@H]2C(C)(C)C(=O)C=C[C@]2(C)[C@@H]2CC[C@]3(C)C(=CC[C@H]3c3ccoc3)[C@]12C. The molecule has 4 nitrogen and oxygen atoms in total. The van der Waals surface area contributed by atoms with Gasteiger partial charge >= 0.3 is 5.97 Å². The van der Waals surface area contributed by atoms with Crippen LogP contribution >= 0.6 is 0 Å². The second-order valence-corrected chi connectivity index (χ2v) is 11.9. The summed E-state index contributed by atoms with van der Waals surface area (Å²) in [5, 5.41) is 0. The van der Waals surface area contributed by atoms with Crippen molar-refractivity contribution in [3.63, 3.8) is 0 Å². The van der Waals surface area contributed by atoms with Crippen molar-refractivity contribution in [3.05, 3.63) is 48.0 Å². The first-order chi connectivity index (χ1) is 15.0. The van der Waals surface area contributed by atoms with Crippen LogP contribution in [0.5, 0.6) is 0 Å². The number of furan rings is 1. The molecule has 1 aromatic rings. The minimum atomic E-state index is -0.465. The third-order valence-corrected chi connectivity index (χ3v) is 10.2. The van der Waals surface area contributed by atoms with Crippen LogP contribution in [0.15, 0.2) is 46.8 Å². The molecule has 4 aliphatic carbocycles. The molecule has 0 N–H and O–H groups in total. The van der Waals surface area contributed by atoms with Crippen molar-refractivity contribution < 1.29 is 18.7 Å². The zero-order valence-electron chi connectivity index (χ0n) is 20.2. The van der Waals surface area contributed by atoms with Gasteiger partial charge in [-0.15, -0.1) is 0 Å². The van der Waals surface area contributed by atoms with E-state index in [0.717, 1.165) is 25.7 Å². The van der Waals surface area contributed by atoms with Gasteiger partial charge in [0, 0.05) is 17.8 Å². The number of fused-ring (bicyclic) bond motifs is 5. The summed E-state index contributed by atoms with van der Waals surface area (Å²) in [4.78, 5) is 25.2. The molecule has 0 bridgehead atoms. The number of ketones is 1. The van der Waals surface area contributed by atoms with Gasteiger partial charge in [-0.3, -0.25) is 9.59 Å². The Balaban J connectivity index is 1.64. The Morgan fingerprint density at radius 3 is 2.56 bits per heavy atom. The van der Waals surface area contributed by atoms with Crippen molar-refractivity contribution in [3.8, 4) is 0 Å². The van der Waals surface area contributed by atoms with Gasteiger partial charge in [-0.05, 0) is 72.0 Å². The number of carbonyl (C=O) groups excluding carboxylic acids is 2. The standard InChI is InChI=1S/C28H36O4/c1-17(29)32-24-15-22-25(2,3)23(30)10-13-27(22,5)21-9-12-26(4)19(18-11-14-31-16-18)7-8-20(26)28(21,24)6/h8,10-11,13-14,16,19,21-22,24H,7,9,12,15H2,1-6H3/t19-,21-,22-,24-,26-,27+,28-/m0/s1. The minimum Gasteiger partial charge on any atom is -0.472 e. The highest BCUT2D eigenvalue weighted by Gasteiger charge is 2.68. The van der Waals surface area contributed by atoms with Crippen molar-refractivity contribution >= 4 is 11.8 Å². The van der Waals surface area contributed by atoms with E-state index in [9.17, 15) is 9.59 Å². The summed E-state index contributed by atoms with van der Waals surface area (Å²) in [6, 6.07) is 2.10. The van der Waals surface area contributed by atoms with E-state index in [0.29, 0.717) is 11.8 Å². The Kier molecular flexibility index (Phi) is 4.56. The van der Waals surface area contributed by atoms with Gasteiger partial charge in [0.2, 0.25) is 0 Å². The molecular formula is C28H36O4. The third kappa shape index (κ3) is 2.61. The lowest BCUT2D eigenvalue weighted by atomic mass is 9.38. The summed E-state index contributed by atoms with van der Waals surface area (Å²) >= 11 is 0. The fourth-order valence-corrected chi connectivity index (χ4v) is 8.60. The molecule has 1 heterocycles. The number of carbonyl (C=O) groups is 2.